The SMILES string of the molecule is C[C@H](CO)C(=O)C(C)(C)C=O. The maximum absolute atomic E-state index is 11.2. The quantitative estimate of drug-likeness (QED) is 0.476. The van der Waals surface area contributed by atoms with Gasteiger partial charge < -0.3 is 9.90 Å². The number of carbonyl (C=O) groups is 2. The van der Waals surface area contributed by atoms with Crippen molar-refractivity contribution in [1.29, 1.82) is 0 Å². The van der Waals surface area contributed by atoms with Crippen LogP contribution in [0.5, 0.6) is 0 Å². The van der Waals surface area contributed by atoms with Gasteiger partial charge in [-0.3, -0.25) is 4.79 Å². The Morgan fingerprint density at radius 2 is 2.09 bits per heavy atom. The van der Waals surface area contributed by atoms with Crippen LogP contribution in [-0.2, 0) is 9.59 Å². The summed E-state index contributed by atoms with van der Waals surface area (Å²) in [7, 11) is 0. The van der Waals surface area contributed by atoms with Crippen LogP contribution in [0, 0.1) is 11.3 Å². The summed E-state index contributed by atoms with van der Waals surface area (Å²) in [5, 5.41) is 8.63. The van der Waals surface area contributed by atoms with E-state index < -0.39 is 11.3 Å². The average Bonchev–Trinajstić information content (AvgIpc) is 2.01. The molecule has 0 spiro atoms. The van der Waals surface area contributed by atoms with Crippen LogP contribution in [0.15, 0.2) is 0 Å². The molecule has 0 fully saturated rings. The molecule has 0 rings (SSSR count). The fourth-order valence-electron chi connectivity index (χ4n) is 0.776. The zero-order valence-electron chi connectivity index (χ0n) is 7.13. The second-order valence-electron chi connectivity index (χ2n) is 3.29. The van der Waals surface area contributed by atoms with Crippen molar-refractivity contribution in [3.63, 3.8) is 0 Å². The third kappa shape index (κ3) is 2.42. The molecule has 0 heterocycles. The molecule has 0 aromatic carbocycles. The average molecular weight is 158 g/mol. The summed E-state index contributed by atoms with van der Waals surface area (Å²) in [6, 6.07) is 0. The van der Waals surface area contributed by atoms with Crippen LogP contribution < -0.4 is 0 Å². The molecule has 0 saturated heterocycles. The van der Waals surface area contributed by atoms with Crippen molar-refractivity contribution >= 4 is 12.1 Å². The molecule has 0 unspecified atom stereocenters. The summed E-state index contributed by atoms with van der Waals surface area (Å²) in [5.41, 5.74) is -0.956. The first-order valence-electron chi connectivity index (χ1n) is 3.57. The second kappa shape index (κ2) is 3.62. The van der Waals surface area contributed by atoms with Crippen molar-refractivity contribution in [3.8, 4) is 0 Å². The molecule has 3 heteroatoms. The highest BCUT2D eigenvalue weighted by Gasteiger charge is 2.30. The highest BCUT2D eigenvalue weighted by atomic mass is 16.3. The molecule has 0 bridgehead atoms. The summed E-state index contributed by atoms with van der Waals surface area (Å²) < 4.78 is 0. The zero-order valence-corrected chi connectivity index (χ0v) is 7.13. The van der Waals surface area contributed by atoms with Crippen molar-refractivity contribution in [3.05, 3.63) is 0 Å². The largest absolute Gasteiger partial charge is 0.396 e. The number of aldehydes is 1. The molecule has 3 nitrogen and oxygen atoms in total. The van der Waals surface area contributed by atoms with Crippen LogP contribution >= 0.6 is 0 Å². The fraction of sp³-hybridized carbons (Fsp3) is 0.750. The van der Waals surface area contributed by atoms with Gasteiger partial charge in [0, 0.05) is 5.92 Å². The molecule has 11 heavy (non-hydrogen) atoms. The number of ketones is 1. The minimum absolute atomic E-state index is 0.198. The number of hydrogen-bond donors (Lipinski definition) is 1. The number of aliphatic hydroxyl groups excluding tert-OH is 1. The first-order valence-corrected chi connectivity index (χ1v) is 3.57. The Hall–Kier alpha value is -0.700. The van der Waals surface area contributed by atoms with Crippen LogP contribution in [0.2, 0.25) is 0 Å². The third-order valence-corrected chi connectivity index (χ3v) is 1.65. The van der Waals surface area contributed by atoms with Gasteiger partial charge in [0.2, 0.25) is 0 Å². The van der Waals surface area contributed by atoms with E-state index in [2.05, 4.69) is 0 Å². The van der Waals surface area contributed by atoms with Crippen molar-refractivity contribution in [1.82, 2.24) is 0 Å². The molecule has 0 radical (unpaired) electrons. The number of hydrogen-bond acceptors (Lipinski definition) is 3. The second-order valence-corrected chi connectivity index (χ2v) is 3.29. The molecule has 0 aromatic rings. The summed E-state index contributed by atoms with van der Waals surface area (Å²) in [5.74, 6) is -0.662. The first-order chi connectivity index (χ1) is 4.95. The van der Waals surface area contributed by atoms with Crippen molar-refractivity contribution in [2.45, 2.75) is 20.8 Å². The number of rotatable bonds is 4. The standard InChI is InChI=1S/C8H14O3/c1-6(4-9)7(11)8(2,3)5-10/h5-6,9H,4H2,1-3H3/t6-/m1/s1. The molecular weight excluding hydrogens is 144 g/mol. The van der Waals surface area contributed by atoms with Crippen molar-refractivity contribution in [2.24, 2.45) is 11.3 Å². The highest BCUT2D eigenvalue weighted by molar-refractivity contribution is 5.98. The molecule has 0 aromatic heterocycles. The van der Waals surface area contributed by atoms with Crippen LogP contribution in [0.1, 0.15) is 20.8 Å². The first kappa shape index (κ1) is 10.3. The van der Waals surface area contributed by atoms with Crippen molar-refractivity contribution < 1.29 is 14.7 Å². The van der Waals surface area contributed by atoms with Crippen LogP contribution in [-0.4, -0.2) is 23.8 Å². The Balaban J connectivity index is 4.35. The van der Waals surface area contributed by atoms with Crippen LogP contribution in [0.3, 0.4) is 0 Å². The molecule has 0 aliphatic rings. The fourth-order valence-corrected chi connectivity index (χ4v) is 0.776. The van der Waals surface area contributed by atoms with Gasteiger partial charge in [-0.1, -0.05) is 6.92 Å². The van der Waals surface area contributed by atoms with Gasteiger partial charge in [0.15, 0.2) is 5.78 Å². The van der Waals surface area contributed by atoms with Gasteiger partial charge >= 0.3 is 0 Å². The number of carbonyl (C=O) groups excluding carboxylic acids is 2. The Bertz CT molecular complexity index is 161. The lowest BCUT2D eigenvalue weighted by Crippen LogP contribution is -2.32. The van der Waals surface area contributed by atoms with E-state index in [9.17, 15) is 9.59 Å². The molecule has 0 saturated carbocycles. The maximum Gasteiger partial charge on any atom is 0.150 e. The van der Waals surface area contributed by atoms with Crippen molar-refractivity contribution in [2.75, 3.05) is 6.61 Å². The Kier molecular flexibility index (Phi) is 3.39. The van der Waals surface area contributed by atoms with E-state index in [0.29, 0.717) is 6.29 Å². The van der Waals surface area contributed by atoms with E-state index in [4.69, 9.17) is 5.11 Å². The smallest absolute Gasteiger partial charge is 0.150 e. The lowest BCUT2D eigenvalue weighted by atomic mass is 9.83. The predicted octanol–water partition coefficient (Wildman–Crippen LogP) is 0.409. The number of aliphatic hydroxyl groups is 1. The van der Waals surface area contributed by atoms with E-state index in [1.807, 2.05) is 0 Å². The molecule has 0 aliphatic heterocycles. The lowest BCUT2D eigenvalue weighted by molar-refractivity contribution is -0.136. The van der Waals surface area contributed by atoms with Gasteiger partial charge in [-0.05, 0) is 13.8 Å². The Morgan fingerprint density at radius 3 is 2.36 bits per heavy atom. The van der Waals surface area contributed by atoms with E-state index >= 15 is 0 Å². The topological polar surface area (TPSA) is 54.4 Å². The van der Waals surface area contributed by atoms with Gasteiger partial charge in [0.25, 0.3) is 0 Å². The number of Topliss-reactive ketones (excluding diaryl/α,β-unsaturated/α-hetero) is 1. The summed E-state index contributed by atoms with van der Waals surface area (Å²) >= 11 is 0. The molecule has 0 aliphatic carbocycles. The highest BCUT2D eigenvalue weighted by Crippen LogP contribution is 2.17. The van der Waals surface area contributed by atoms with E-state index in [1.54, 1.807) is 20.8 Å². The lowest BCUT2D eigenvalue weighted by Gasteiger charge is -2.18. The van der Waals surface area contributed by atoms with E-state index in [-0.39, 0.29) is 12.4 Å². The monoisotopic (exact) mass is 158 g/mol. The Labute approximate surface area is 66.4 Å². The summed E-state index contributed by atoms with van der Waals surface area (Å²) in [4.78, 5) is 21.6. The summed E-state index contributed by atoms with van der Waals surface area (Å²) in [6.07, 6.45) is 0.613. The van der Waals surface area contributed by atoms with Crippen LogP contribution in [0.25, 0.3) is 0 Å². The van der Waals surface area contributed by atoms with E-state index in [0.717, 1.165) is 0 Å². The zero-order chi connectivity index (χ0) is 9.07. The van der Waals surface area contributed by atoms with E-state index in [1.165, 1.54) is 0 Å². The van der Waals surface area contributed by atoms with Gasteiger partial charge in [-0.2, -0.15) is 0 Å². The molecular formula is C8H14O3. The van der Waals surface area contributed by atoms with Crippen LogP contribution in [0.4, 0.5) is 0 Å². The minimum atomic E-state index is -0.956. The minimum Gasteiger partial charge on any atom is -0.396 e. The van der Waals surface area contributed by atoms with Gasteiger partial charge in [0.1, 0.15) is 6.29 Å². The third-order valence-electron chi connectivity index (χ3n) is 1.65. The van der Waals surface area contributed by atoms with Gasteiger partial charge in [-0.25, -0.2) is 0 Å². The van der Waals surface area contributed by atoms with Gasteiger partial charge in [0.05, 0.1) is 12.0 Å². The molecule has 1 atom stereocenters. The maximum atomic E-state index is 11.2. The predicted molar refractivity (Wildman–Crippen MR) is 41.1 cm³/mol. The van der Waals surface area contributed by atoms with Gasteiger partial charge in [-0.15, -0.1) is 0 Å². The molecule has 1 N–H and O–H groups in total. The molecule has 0 amide bonds. The molecule has 64 valence electrons. The summed E-state index contributed by atoms with van der Waals surface area (Å²) in [6.45, 7) is 4.51. The Morgan fingerprint density at radius 1 is 1.64 bits per heavy atom. The normalized spacial score (nSPS) is 14.2.